The number of aliphatic hydroxyl groups is 1. The molecule has 24 heteroatoms. The monoisotopic (exact) mass is 744 g/mol. The largest absolute Gasteiger partial charge is 0.475 e. The van der Waals surface area contributed by atoms with Gasteiger partial charge in [0.15, 0.2) is 28.9 Å². The molecule has 0 spiro atoms. The van der Waals surface area contributed by atoms with Gasteiger partial charge in [-0.2, -0.15) is 4.98 Å². The molecule has 2 saturated heterocycles. The number of nitrogens with zero attached hydrogens (tertiary/aromatic N) is 7. The van der Waals surface area contributed by atoms with E-state index in [1.165, 1.54) is 36.9 Å². The van der Waals surface area contributed by atoms with Crippen LogP contribution in [-0.4, -0.2) is 108 Å². The molecule has 49 heavy (non-hydrogen) atoms. The Morgan fingerprint density at radius 1 is 1.08 bits per heavy atom. The Morgan fingerprint density at radius 2 is 1.84 bits per heavy atom. The highest BCUT2D eigenvalue weighted by atomic mass is 32.7. The van der Waals surface area contributed by atoms with Gasteiger partial charge in [0.2, 0.25) is 5.95 Å². The van der Waals surface area contributed by atoms with E-state index in [4.69, 9.17) is 43.6 Å². The van der Waals surface area contributed by atoms with E-state index in [9.17, 15) is 19.0 Å². The number of methoxy groups -OCH3 is 1. The average Bonchev–Trinajstić information content (AvgIpc) is 3.83. The predicted octanol–water partition coefficient (Wildman–Crippen LogP) is 1.39. The van der Waals surface area contributed by atoms with Crippen molar-refractivity contribution in [2.45, 2.75) is 56.1 Å². The first kappa shape index (κ1) is 34.4. The zero-order valence-electron chi connectivity index (χ0n) is 26.5. The van der Waals surface area contributed by atoms with Crippen LogP contribution in [0.25, 0.3) is 22.3 Å². The fourth-order valence-electron chi connectivity index (χ4n) is 6.56. The number of phosphoric acid groups is 1. The van der Waals surface area contributed by atoms with Gasteiger partial charge >= 0.3 is 14.6 Å². The highest BCUT2D eigenvalue weighted by Crippen LogP contribution is 2.65. The van der Waals surface area contributed by atoms with Gasteiger partial charge in [0.05, 0.1) is 31.9 Å². The summed E-state index contributed by atoms with van der Waals surface area (Å²) < 4.78 is 73.0. The maximum atomic E-state index is 14.2. The third-order valence-electron chi connectivity index (χ3n) is 8.98. The molecule has 0 aromatic carbocycles. The van der Waals surface area contributed by atoms with Gasteiger partial charge in [-0.15, -0.1) is 0 Å². The molecule has 10 atom stereocenters. The third-order valence-corrected chi connectivity index (χ3v) is 13.7. The lowest BCUT2D eigenvalue weighted by Gasteiger charge is -2.34. The van der Waals surface area contributed by atoms with Crippen LogP contribution in [-0.2, 0) is 41.2 Å². The number of nitrogens with two attached hydrogens (primary N) is 2. The topological polar surface area (TPSA) is 278 Å². The highest BCUT2D eigenvalue weighted by molar-refractivity contribution is 8.54. The molecule has 1 saturated carbocycles. The highest BCUT2D eigenvalue weighted by Gasteiger charge is 2.58. The molecule has 0 unspecified atom stereocenters. The molecule has 3 fully saturated rings. The number of aromatic amines is 1. The molecule has 4 aromatic rings. The van der Waals surface area contributed by atoms with Crippen molar-refractivity contribution in [3.63, 3.8) is 0 Å². The quantitative estimate of drug-likeness (QED) is 0.210. The number of imidazole rings is 2. The normalized spacial score (nSPS) is 37.1. The number of anilines is 2. The van der Waals surface area contributed by atoms with Crippen LogP contribution in [0.15, 0.2) is 23.8 Å². The Morgan fingerprint density at radius 3 is 2.57 bits per heavy atom. The van der Waals surface area contributed by atoms with Crippen LogP contribution >= 0.6 is 26.0 Å². The second kappa shape index (κ2) is 12.6. The number of rotatable bonds is 5. The van der Waals surface area contributed by atoms with Gasteiger partial charge in [-0.25, -0.2) is 29.1 Å². The Kier molecular flexibility index (Phi) is 8.88. The molecule has 6 heterocycles. The summed E-state index contributed by atoms with van der Waals surface area (Å²) in [6.07, 6.45) is -1.24. The van der Waals surface area contributed by atoms with Crippen LogP contribution < -0.4 is 17.0 Å². The summed E-state index contributed by atoms with van der Waals surface area (Å²) in [7, 11) is -1.95. The van der Waals surface area contributed by atoms with Gasteiger partial charge in [-0.05, 0) is 24.1 Å². The Hall–Kier alpha value is -3.01. The van der Waals surface area contributed by atoms with Gasteiger partial charge < -0.3 is 30.6 Å². The number of fused-ring (bicyclic) bond motifs is 5. The average molecular weight is 745 g/mol. The van der Waals surface area contributed by atoms with Crippen molar-refractivity contribution in [3.8, 4) is 0 Å². The van der Waals surface area contributed by atoms with E-state index < -0.39 is 68.4 Å². The van der Waals surface area contributed by atoms with Crippen molar-refractivity contribution in [1.29, 1.82) is 0 Å². The number of nitrogen functional groups attached to an aromatic ring is 2. The summed E-state index contributed by atoms with van der Waals surface area (Å²) in [5.74, 6) is -0.0224. The number of aromatic nitrogens is 8. The van der Waals surface area contributed by atoms with E-state index in [0.29, 0.717) is 11.2 Å². The van der Waals surface area contributed by atoms with Gasteiger partial charge in [0.25, 0.3) is 5.56 Å². The van der Waals surface area contributed by atoms with Crippen molar-refractivity contribution >= 4 is 60.1 Å². The first-order valence-electron chi connectivity index (χ1n) is 14.8. The summed E-state index contributed by atoms with van der Waals surface area (Å²) in [6.45, 7) is -3.06. The number of ether oxygens (including phenoxy) is 2. The van der Waals surface area contributed by atoms with Crippen molar-refractivity contribution in [2.24, 2.45) is 5.41 Å². The molecule has 2 bridgehead atoms. The van der Waals surface area contributed by atoms with E-state index in [2.05, 4.69) is 29.9 Å². The van der Waals surface area contributed by atoms with Gasteiger partial charge in [0, 0.05) is 19.6 Å². The van der Waals surface area contributed by atoms with Crippen LogP contribution in [0.2, 0.25) is 0 Å². The van der Waals surface area contributed by atoms with Crippen molar-refractivity contribution < 1.29 is 46.3 Å². The maximum Gasteiger partial charge on any atom is 0.475 e. The minimum absolute atomic E-state index is 0.0424. The van der Waals surface area contributed by atoms with Crippen molar-refractivity contribution in [2.75, 3.05) is 45.2 Å². The minimum Gasteiger partial charge on any atom is -0.388 e. The van der Waals surface area contributed by atoms with Crippen LogP contribution in [0.4, 0.5) is 11.8 Å². The molecule has 3 aliphatic rings. The number of hydrogen-bond acceptors (Lipinski definition) is 19. The summed E-state index contributed by atoms with van der Waals surface area (Å²) in [6, 6.07) is -0.733. The summed E-state index contributed by atoms with van der Waals surface area (Å²) in [5, 5.41) is 11.8. The minimum atomic E-state index is -4.47. The van der Waals surface area contributed by atoms with Crippen LogP contribution in [0.1, 0.15) is 25.6 Å². The summed E-state index contributed by atoms with van der Waals surface area (Å²) in [4.78, 5) is 35.8. The Labute approximate surface area is 281 Å². The predicted molar refractivity (Wildman–Crippen MR) is 172 cm³/mol. The zero-order chi connectivity index (χ0) is 34.9. The lowest BCUT2D eigenvalue weighted by molar-refractivity contribution is -0.0644. The number of phosphoric ester groups is 1. The smallest absolute Gasteiger partial charge is 0.388 e. The van der Waals surface area contributed by atoms with E-state index in [0.717, 1.165) is 18.5 Å². The van der Waals surface area contributed by atoms with Gasteiger partial charge in [-0.1, -0.05) is 6.92 Å². The number of hydrogen-bond donors (Lipinski definition) is 4. The van der Waals surface area contributed by atoms with Crippen LogP contribution in [0.5, 0.6) is 0 Å². The first-order valence-corrected chi connectivity index (χ1v) is 19.6. The Balaban J connectivity index is 1.28. The molecular weight excluding hydrogens is 710 g/mol. The van der Waals surface area contributed by atoms with Crippen LogP contribution in [0.3, 0.4) is 0 Å². The fourth-order valence-corrected chi connectivity index (χ4v) is 10.1. The molecule has 0 amide bonds. The first-order chi connectivity index (χ1) is 23.3. The molecule has 4 aromatic heterocycles. The van der Waals surface area contributed by atoms with Crippen LogP contribution in [0, 0.1) is 5.41 Å². The van der Waals surface area contributed by atoms with E-state index in [1.54, 1.807) is 11.5 Å². The molecule has 2 aliphatic heterocycles. The Bertz CT molecular complexity index is 2050. The van der Waals surface area contributed by atoms with E-state index in [1.807, 2.05) is 0 Å². The van der Waals surface area contributed by atoms with Crippen molar-refractivity contribution in [3.05, 3.63) is 29.3 Å². The van der Waals surface area contributed by atoms with E-state index in [-0.39, 0.29) is 42.6 Å². The summed E-state index contributed by atoms with van der Waals surface area (Å²) in [5.41, 5.74) is 10.7. The number of nitrogens with one attached hydrogen (secondary N) is 1. The molecule has 266 valence electrons. The molecule has 6 N–H and O–H groups in total. The second-order valence-corrected chi connectivity index (χ2v) is 17.9. The second-order valence-electron chi connectivity index (χ2n) is 12.0. The molecular formula is C25H34N10O11P2S. The third kappa shape index (κ3) is 5.87. The lowest BCUT2D eigenvalue weighted by atomic mass is 9.87. The summed E-state index contributed by atoms with van der Waals surface area (Å²) >= 11 is 0.818. The molecule has 21 nitrogen and oxygen atoms in total. The lowest BCUT2D eigenvalue weighted by Crippen LogP contribution is -2.39. The number of H-pyrrole nitrogens is 1. The molecule has 7 rings (SSSR count). The fraction of sp³-hybridized carbons (Fsp3) is 0.600. The maximum absolute atomic E-state index is 14.2. The number of aliphatic hydroxyl groups excluding tert-OH is 1. The molecule has 0 radical (unpaired) electrons. The SMILES string of the molecule is CO[C@H]1[C@H]2O[P@@](=O)(OC)OC[C@@]3(C)C[C@@H](n4cnc5c(N)ncnc54)[C@H](O)[C@@H]3O[P@](=O)(SC)OC[C@H]1O[C@H]2n1cnc2c(=O)[nH]c(N)nc21. The van der Waals surface area contributed by atoms with Crippen molar-refractivity contribution in [1.82, 2.24) is 39.0 Å². The van der Waals surface area contributed by atoms with Gasteiger partial charge in [-0.3, -0.25) is 37.0 Å². The van der Waals surface area contributed by atoms with E-state index >= 15 is 0 Å². The standard InChI is InChI=1S/C25H34N10O11P2S/c1-25-5-11(34-9-30-13-19(26)28-8-29-20(13)34)15(36)18(25)46-48(39,49-4)42-6-12-16(40-2)17(45-47(38,41-3)43-7-25)23(44-12)35-10-31-14-21(35)32-24(27)33-22(14)37/h8-12,15-18,23,36H,5-7H2,1-4H3,(H2,26,28,29)(H3,27,32,33,37)/t11-,12-,15+,16-,17-,18+,23-,25-,47+,48-/m1/s1. The van der Waals surface area contributed by atoms with Gasteiger partial charge in [0.1, 0.15) is 42.4 Å². The zero-order valence-corrected chi connectivity index (χ0v) is 29.1. The molecule has 1 aliphatic carbocycles.